The van der Waals surface area contributed by atoms with Crippen molar-refractivity contribution in [3.8, 4) is 11.3 Å². The predicted octanol–water partition coefficient (Wildman–Crippen LogP) is 5.20. The highest BCUT2D eigenvalue weighted by Gasteiger charge is 2.36. The maximum absolute atomic E-state index is 13.4. The van der Waals surface area contributed by atoms with Crippen LogP contribution in [0.5, 0.6) is 0 Å². The van der Waals surface area contributed by atoms with Gasteiger partial charge in [0.15, 0.2) is 0 Å². The van der Waals surface area contributed by atoms with Crippen molar-refractivity contribution in [1.82, 2.24) is 14.2 Å². The summed E-state index contributed by atoms with van der Waals surface area (Å²) in [6, 6.07) is 13.3. The van der Waals surface area contributed by atoms with Crippen LogP contribution in [0, 0.1) is 11.8 Å². The molecule has 0 bridgehead atoms. The van der Waals surface area contributed by atoms with E-state index in [0.717, 1.165) is 28.6 Å². The Morgan fingerprint density at radius 3 is 2.35 bits per heavy atom. The van der Waals surface area contributed by atoms with Gasteiger partial charge in [-0.1, -0.05) is 56.6 Å². The number of carbonyl (C=O) groups excluding carboxylic acids is 3. The number of sulfonamides is 1. The predicted molar refractivity (Wildman–Crippen MR) is 165 cm³/mol. The minimum Gasteiger partial charge on any atom is -0.377 e. The minimum atomic E-state index is -3.74. The van der Waals surface area contributed by atoms with Gasteiger partial charge in [0, 0.05) is 30.9 Å². The minimum absolute atomic E-state index is 0.0632. The summed E-state index contributed by atoms with van der Waals surface area (Å²) in [5.74, 6) is 0.461. The van der Waals surface area contributed by atoms with E-state index >= 15 is 0 Å². The summed E-state index contributed by atoms with van der Waals surface area (Å²) in [6.07, 6.45) is 3.86. The van der Waals surface area contributed by atoms with E-state index in [0.29, 0.717) is 56.4 Å². The van der Waals surface area contributed by atoms with Gasteiger partial charge >= 0.3 is 6.15 Å². The summed E-state index contributed by atoms with van der Waals surface area (Å²) in [5, 5.41) is 1.43. The Morgan fingerprint density at radius 2 is 1.74 bits per heavy atom. The van der Waals surface area contributed by atoms with Crippen molar-refractivity contribution in [3.05, 3.63) is 53.1 Å². The van der Waals surface area contributed by atoms with Gasteiger partial charge in [0.1, 0.15) is 0 Å². The highest BCUT2D eigenvalue weighted by Crippen LogP contribution is 2.38. The van der Waals surface area contributed by atoms with Crippen molar-refractivity contribution in [2.45, 2.75) is 69.9 Å². The number of amides is 1. The fourth-order valence-corrected chi connectivity index (χ4v) is 7.90. The molecule has 0 radical (unpaired) electrons. The number of rotatable bonds is 7. The molecule has 2 aromatic carbocycles. The molecule has 232 valence electrons. The number of benzene rings is 2. The average molecular weight is 630 g/mol. The van der Waals surface area contributed by atoms with Crippen LogP contribution in [0.25, 0.3) is 22.2 Å². The molecule has 1 aromatic heterocycles. The molecule has 9 nitrogen and oxygen atoms in total. The second-order valence-electron chi connectivity index (χ2n) is 11.6. The van der Waals surface area contributed by atoms with Gasteiger partial charge in [-0.25, -0.2) is 13.1 Å². The Balaban J connectivity index is 0.00000135. The molecule has 2 fully saturated rings. The number of hydrogen-bond acceptors (Lipinski definition) is 6. The normalized spacial score (nSPS) is 20.9. The lowest BCUT2D eigenvalue weighted by atomic mass is 9.85. The first-order chi connectivity index (χ1) is 20.5. The van der Waals surface area contributed by atoms with E-state index in [1.807, 2.05) is 16.5 Å². The van der Waals surface area contributed by atoms with Gasteiger partial charge in [0.2, 0.25) is 15.9 Å². The van der Waals surface area contributed by atoms with Crippen LogP contribution in [-0.2, 0) is 42.6 Å². The standard InChI is InChI=1S/C31H40ClN3O4S.CO2/c1-5-21-6-8-22(9-7-21)30-29(32)26-15-14-25(18-27(26)34(30)4)40(37,38)33-24-12-10-23(11-13-24)31(36)35-16-17-39-19-28(35)20(2)3;2-1-3/h6-9,14-15,18,20,23-24,28,33H,5,10-13,16-17,19H2,1-4H3;/t23?,24?,28-;/m1./s1. The monoisotopic (exact) mass is 629 g/mol. The molecule has 1 amide bonds. The summed E-state index contributed by atoms with van der Waals surface area (Å²) in [6.45, 7) is 8.15. The first-order valence-corrected chi connectivity index (χ1v) is 16.7. The SMILES string of the molecule is CCc1ccc(-c2c(Cl)c3ccc(S(=O)(=O)NC4CCC(C(=O)N5CCOC[C@@H]5C(C)C)CC4)cc3n2C)cc1.O=C=O. The van der Waals surface area contributed by atoms with Gasteiger partial charge in [-0.2, -0.15) is 9.59 Å². The molecule has 1 atom stereocenters. The molecule has 0 spiro atoms. The van der Waals surface area contributed by atoms with Gasteiger partial charge in [-0.15, -0.1) is 0 Å². The number of nitrogens with one attached hydrogen (secondary N) is 1. The van der Waals surface area contributed by atoms with E-state index in [4.69, 9.17) is 25.9 Å². The maximum atomic E-state index is 13.4. The fraction of sp³-hybridized carbons (Fsp3) is 0.500. The van der Waals surface area contributed by atoms with Crippen LogP contribution in [0.1, 0.15) is 52.0 Å². The molecule has 2 aliphatic rings. The molecule has 1 saturated heterocycles. The van der Waals surface area contributed by atoms with Crippen LogP contribution >= 0.6 is 11.6 Å². The van der Waals surface area contributed by atoms with E-state index in [9.17, 15) is 13.2 Å². The Kier molecular flexibility index (Phi) is 10.8. The lowest BCUT2D eigenvalue weighted by Gasteiger charge is -2.41. The summed E-state index contributed by atoms with van der Waals surface area (Å²) in [4.78, 5) is 31.8. The molecule has 1 aliphatic carbocycles. The van der Waals surface area contributed by atoms with Crippen LogP contribution in [0.3, 0.4) is 0 Å². The van der Waals surface area contributed by atoms with Gasteiger partial charge < -0.3 is 14.2 Å². The number of aromatic nitrogens is 1. The Bertz CT molecular complexity index is 1570. The van der Waals surface area contributed by atoms with E-state index in [2.05, 4.69) is 49.8 Å². The molecule has 2 heterocycles. The summed E-state index contributed by atoms with van der Waals surface area (Å²) >= 11 is 6.79. The average Bonchev–Trinajstić information content (AvgIpc) is 3.26. The largest absolute Gasteiger partial charge is 0.377 e. The summed E-state index contributed by atoms with van der Waals surface area (Å²) in [5.41, 5.74) is 3.87. The van der Waals surface area contributed by atoms with Crippen molar-refractivity contribution in [3.63, 3.8) is 0 Å². The smallest absolute Gasteiger partial charge is 0.373 e. The fourth-order valence-electron chi connectivity index (χ4n) is 6.18. The number of nitrogens with zero attached hydrogens (tertiary/aromatic N) is 2. The number of ether oxygens (including phenoxy) is 1. The Labute approximate surface area is 258 Å². The first kappa shape index (κ1) is 32.9. The lowest BCUT2D eigenvalue weighted by molar-refractivity contribution is -0.191. The van der Waals surface area contributed by atoms with E-state index in [1.54, 1.807) is 18.2 Å². The molecular weight excluding hydrogens is 590 g/mol. The van der Waals surface area contributed by atoms with Gasteiger partial charge in [-0.05, 0) is 67.3 Å². The molecule has 1 aliphatic heterocycles. The second-order valence-corrected chi connectivity index (χ2v) is 13.7. The van der Waals surface area contributed by atoms with E-state index in [-0.39, 0.29) is 35.0 Å². The van der Waals surface area contributed by atoms with Crippen molar-refractivity contribution < 1.29 is 27.5 Å². The third-order valence-electron chi connectivity index (χ3n) is 8.67. The molecule has 3 aromatic rings. The topological polar surface area (TPSA) is 115 Å². The van der Waals surface area contributed by atoms with Crippen LogP contribution in [-0.4, -0.2) is 61.8 Å². The maximum Gasteiger partial charge on any atom is 0.373 e. The molecular formula is C32H40ClN3O6S. The van der Waals surface area contributed by atoms with E-state index in [1.165, 1.54) is 5.56 Å². The summed E-state index contributed by atoms with van der Waals surface area (Å²) in [7, 11) is -1.83. The van der Waals surface area contributed by atoms with Gasteiger partial charge in [-0.3, -0.25) is 4.79 Å². The zero-order valence-corrected chi connectivity index (χ0v) is 26.7. The number of halogens is 1. The van der Waals surface area contributed by atoms with Gasteiger partial charge in [0.05, 0.1) is 40.4 Å². The van der Waals surface area contributed by atoms with Crippen molar-refractivity contribution in [2.24, 2.45) is 18.9 Å². The first-order valence-electron chi connectivity index (χ1n) is 14.8. The second kappa shape index (κ2) is 14.2. The highest BCUT2D eigenvalue weighted by molar-refractivity contribution is 7.89. The number of aryl methyl sites for hydroxylation is 2. The third kappa shape index (κ3) is 7.21. The number of carbonyl (C=O) groups is 1. The van der Waals surface area contributed by atoms with Gasteiger partial charge in [0.25, 0.3) is 0 Å². The van der Waals surface area contributed by atoms with Crippen LogP contribution in [0.2, 0.25) is 5.02 Å². The summed E-state index contributed by atoms with van der Waals surface area (Å²) < 4.78 is 37.3. The van der Waals surface area contributed by atoms with Crippen LogP contribution in [0.15, 0.2) is 47.4 Å². The quantitative estimate of drug-likeness (QED) is 0.384. The van der Waals surface area contributed by atoms with Crippen LogP contribution < -0.4 is 4.72 Å². The highest BCUT2D eigenvalue weighted by atomic mass is 35.5. The molecule has 0 unspecified atom stereocenters. The molecule has 1 saturated carbocycles. The molecule has 11 heteroatoms. The number of fused-ring (bicyclic) bond motifs is 1. The van der Waals surface area contributed by atoms with Crippen molar-refractivity contribution in [1.29, 1.82) is 0 Å². The number of hydrogen-bond donors (Lipinski definition) is 1. The van der Waals surface area contributed by atoms with Crippen molar-refractivity contribution >= 4 is 44.6 Å². The van der Waals surface area contributed by atoms with Crippen LogP contribution in [0.4, 0.5) is 0 Å². The Morgan fingerprint density at radius 1 is 1.09 bits per heavy atom. The Hall–Kier alpha value is -3.01. The van der Waals surface area contributed by atoms with E-state index < -0.39 is 10.0 Å². The molecule has 5 rings (SSSR count). The third-order valence-corrected chi connectivity index (χ3v) is 10.6. The zero-order valence-electron chi connectivity index (χ0n) is 25.1. The van der Waals surface area contributed by atoms with Crippen molar-refractivity contribution in [2.75, 3.05) is 19.8 Å². The molecule has 1 N–H and O–H groups in total. The number of morpholine rings is 1. The lowest BCUT2D eigenvalue weighted by Crippen LogP contribution is -2.53. The molecule has 43 heavy (non-hydrogen) atoms. The zero-order chi connectivity index (χ0) is 31.3.